The summed E-state index contributed by atoms with van der Waals surface area (Å²) in [5.41, 5.74) is -0.304. The van der Waals surface area contributed by atoms with Crippen molar-refractivity contribution in [1.29, 1.82) is 0 Å². The smallest absolute Gasteiger partial charge is 0.242 e. The minimum atomic E-state index is -3.90. The third-order valence-electron chi connectivity index (χ3n) is 5.05. The summed E-state index contributed by atoms with van der Waals surface area (Å²) in [4.78, 5) is 13.0. The van der Waals surface area contributed by atoms with Gasteiger partial charge in [-0.3, -0.25) is 4.79 Å². The number of hydrogen-bond acceptors (Lipinski definition) is 5. The molecule has 27 heavy (non-hydrogen) atoms. The number of para-hydroxylation sites is 1. The molecule has 2 aromatic rings. The molecule has 0 unspecified atom stereocenters. The highest BCUT2D eigenvalue weighted by molar-refractivity contribution is 9.10. The van der Waals surface area contributed by atoms with Crippen molar-refractivity contribution in [1.82, 2.24) is 5.32 Å². The first kappa shape index (κ1) is 18.3. The van der Waals surface area contributed by atoms with Gasteiger partial charge < -0.3 is 14.8 Å². The first-order valence-electron chi connectivity index (χ1n) is 8.42. The molecular weight excluding hydrogens is 434 g/mol. The molecule has 1 saturated heterocycles. The Bertz CT molecular complexity index is 1020. The van der Waals surface area contributed by atoms with E-state index >= 15 is 0 Å². The van der Waals surface area contributed by atoms with Crippen LogP contribution in [-0.4, -0.2) is 32.4 Å². The van der Waals surface area contributed by atoms with Crippen molar-refractivity contribution in [2.45, 2.75) is 35.1 Å². The van der Waals surface area contributed by atoms with E-state index in [1.807, 2.05) is 0 Å². The number of amides is 1. The Morgan fingerprint density at radius 1 is 1.22 bits per heavy atom. The van der Waals surface area contributed by atoms with Gasteiger partial charge in [0.05, 0.1) is 12.0 Å². The molecule has 0 aliphatic carbocycles. The van der Waals surface area contributed by atoms with Gasteiger partial charge in [-0.25, -0.2) is 8.42 Å². The largest absolute Gasteiger partial charge is 0.493 e. The Hall–Kier alpha value is -2.06. The Morgan fingerprint density at radius 2 is 1.93 bits per heavy atom. The predicted molar refractivity (Wildman–Crippen MR) is 103 cm³/mol. The molecule has 142 valence electrons. The SMILES string of the molecule is COc1cccc2c1O[C@@]1(C)C[C@H]2[C@@H](S(=O)(=O)c2ccc(Br)cc2)C(=O)N1. The molecule has 1 fully saturated rings. The van der Waals surface area contributed by atoms with Gasteiger partial charge in [-0.2, -0.15) is 0 Å². The number of methoxy groups -OCH3 is 1. The maximum Gasteiger partial charge on any atom is 0.242 e. The van der Waals surface area contributed by atoms with Gasteiger partial charge in [0.2, 0.25) is 5.91 Å². The molecule has 0 radical (unpaired) electrons. The highest BCUT2D eigenvalue weighted by Gasteiger charge is 2.54. The summed E-state index contributed by atoms with van der Waals surface area (Å²) in [7, 11) is -2.37. The summed E-state index contributed by atoms with van der Waals surface area (Å²) in [5.74, 6) is -0.0875. The molecule has 1 N–H and O–H groups in total. The van der Waals surface area contributed by atoms with Gasteiger partial charge in [0.1, 0.15) is 0 Å². The van der Waals surface area contributed by atoms with Crippen LogP contribution in [-0.2, 0) is 14.6 Å². The van der Waals surface area contributed by atoms with Gasteiger partial charge in [0.15, 0.2) is 32.3 Å². The van der Waals surface area contributed by atoms with Crippen LogP contribution in [0.1, 0.15) is 24.8 Å². The van der Waals surface area contributed by atoms with Crippen LogP contribution >= 0.6 is 15.9 Å². The van der Waals surface area contributed by atoms with Crippen molar-refractivity contribution in [2.75, 3.05) is 7.11 Å². The second-order valence-electron chi connectivity index (χ2n) is 6.93. The van der Waals surface area contributed by atoms with Crippen molar-refractivity contribution in [2.24, 2.45) is 0 Å². The van der Waals surface area contributed by atoms with Crippen LogP contribution in [0.25, 0.3) is 0 Å². The number of sulfone groups is 1. The summed E-state index contributed by atoms with van der Waals surface area (Å²) >= 11 is 3.30. The lowest BCUT2D eigenvalue weighted by molar-refractivity contribution is -0.132. The summed E-state index contributed by atoms with van der Waals surface area (Å²) < 4.78 is 38.8. The summed E-state index contributed by atoms with van der Waals surface area (Å²) in [6.07, 6.45) is 0.360. The molecule has 2 aliphatic rings. The second kappa shape index (κ2) is 6.24. The van der Waals surface area contributed by atoms with Gasteiger partial charge in [0.25, 0.3) is 0 Å². The van der Waals surface area contributed by atoms with E-state index in [9.17, 15) is 13.2 Å². The normalized spacial score (nSPS) is 26.6. The topological polar surface area (TPSA) is 81.7 Å². The fourth-order valence-electron chi connectivity index (χ4n) is 3.88. The standard InChI is InChI=1S/C19H18BrNO5S/c1-19-10-14(13-4-3-5-15(25-2)16(13)26-19)17(18(22)21-19)27(23,24)12-8-6-11(20)7-9-12/h3-9,14,17H,10H2,1-2H3,(H,21,22)/t14-,17-,19+/m1/s1. The van der Waals surface area contributed by atoms with Crippen molar-refractivity contribution in [3.8, 4) is 11.5 Å². The van der Waals surface area contributed by atoms with Crippen LogP contribution in [0.15, 0.2) is 51.8 Å². The van der Waals surface area contributed by atoms with E-state index in [-0.39, 0.29) is 4.90 Å². The minimum absolute atomic E-state index is 0.116. The monoisotopic (exact) mass is 451 g/mol. The quantitative estimate of drug-likeness (QED) is 0.775. The van der Waals surface area contributed by atoms with Gasteiger partial charge >= 0.3 is 0 Å². The fraction of sp³-hybridized carbons (Fsp3) is 0.316. The van der Waals surface area contributed by atoms with Gasteiger partial charge in [-0.05, 0) is 37.3 Å². The summed E-state index contributed by atoms with van der Waals surface area (Å²) in [5, 5.41) is 1.51. The number of halogens is 1. The first-order chi connectivity index (χ1) is 12.7. The average molecular weight is 452 g/mol. The number of carbonyl (C=O) groups is 1. The molecule has 2 aromatic carbocycles. The predicted octanol–water partition coefficient (Wildman–Crippen LogP) is 3.01. The Balaban J connectivity index is 1.87. The van der Waals surface area contributed by atoms with Crippen molar-refractivity contribution in [3.05, 3.63) is 52.5 Å². The van der Waals surface area contributed by atoms with E-state index in [1.54, 1.807) is 37.3 Å². The molecule has 0 aromatic heterocycles. The molecule has 2 bridgehead atoms. The summed E-state index contributed by atoms with van der Waals surface area (Å²) in [6.45, 7) is 1.75. The Kier molecular flexibility index (Phi) is 4.23. The third-order valence-corrected chi connectivity index (χ3v) is 7.72. The maximum atomic E-state index is 13.3. The molecule has 8 heteroatoms. The highest BCUT2D eigenvalue weighted by Crippen LogP contribution is 2.50. The van der Waals surface area contributed by atoms with Crippen LogP contribution in [0.5, 0.6) is 11.5 Å². The lowest BCUT2D eigenvalue weighted by Crippen LogP contribution is -2.63. The molecule has 0 spiro atoms. The van der Waals surface area contributed by atoms with E-state index in [1.165, 1.54) is 19.2 Å². The average Bonchev–Trinajstić information content (AvgIpc) is 2.60. The van der Waals surface area contributed by atoms with Crippen LogP contribution in [0.3, 0.4) is 0 Å². The van der Waals surface area contributed by atoms with Gasteiger partial charge in [-0.1, -0.05) is 28.1 Å². The van der Waals surface area contributed by atoms with E-state index < -0.39 is 32.6 Å². The molecule has 0 saturated carbocycles. The van der Waals surface area contributed by atoms with Gasteiger partial charge in [-0.15, -0.1) is 0 Å². The summed E-state index contributed by atoms with van der Waals surface area (Å²) in [6, 6.07) is 11.6. The van der Waals surface area contributed by atoms with Crippen molar-refractivity contribution in [3.63, 3.8) is 0 Å². The van der Waals surface area contributed by atoms with Crippen LogP contribution in [0, 0.1) is 0 Å². The number of nitrogens with one attached hydrogen (secondary N) is 1. The molecule has 4 rings (SSSR count). The number of carbonyl (C=O) groups excluding carboxylic acids is 1. The maximum absolute atomic E-state index is 13.3. The number of rotatable bonds is 3. The number of hydrogen-bond donors (Lipinski definition) is 1. The third kappa shape index (κ3) is 2.91. The lowest BCUT2D eigenvalue weighted by atomic mass is 9.81. The van der Waals surface area contributed by atoms with Gasteiger partial charge in [0, 0.05) is 22.4 Å². The van der Waals surface area contributed by atoms with Crippen LogP contribution in [0.2, 0.25) is 0 Å². The zero-order valence-electron chi connectivity index (χ0n) is 14.7. The first-order valence-corrected chi connectivity index (χ1v) is 10.8. The molecule has 6 nitrogen and oxygen atoms in total. The lowest BCUT2D eigenvalue weighted by Gasteiger charge is -2.47. The second-order valence-corrected chi connectivity index (χ2v) is 9.92. The zero-order valence-corrected chi connectivity index (χ0v) is 17.1. The highest BCUT2D eigenvalue weighted by atomic mass is 79.9. The van der Waals surface area contributed by atoms with Crippen LogP contribution < -0.4 is 14.8 Å². The molecule has 1 amide bonds. The Labute approximate surface area is 165 Å². The van der Waals surface area contributed by atoms with E-state index in [4.69, 9.17) is 9.47 Å². The number of fused-ring (bicyclic) bond motifs is 4. The Morgan fingerprint density at radius 3 is 2.59 bits per heavy atom. The van der Waals surface area contributed by atoms with E-state index in [0.717, 1.165) is 4.47 Å². The van der Waals surface area contributed by atoms with Crippen LogP contribution in [0.4, 0.5) is 0 Å². The fourth-order valence-corrected chi connectivity index (χ4v) is 5.97. The molecule has 2 heterocycles. The zero-order chi connectivity index (χ0) is 19.4. The van der Waals surface area contributed by atoms with E-state index in [0.29, 0.717) is 23.5 Å². The molecule has 2 aliphatic heterocycles. The number of benzene rings is 2. The molecule has 3 atom stereocenters. The van der Waals surface area contributed by atoms with Crippen molar-refractivity contribution < 1.29 is 22.7 Å². The van der Waals surface area contributed by atoms with Crippen molar-refractivity contribution >= 4 is 31.7 Å². The number of ether oxygens (including phenoxy) is 2. The molecular formula is C19H18BrNO5S. The number of piperidine rings is 1. The minimum Gasteiger partial charge on any atom is -0.493 e. The van der Waals surface area contributed by atoms with E-state index in [2.05, 4.69) is 21.2 Å².